The number of hydrogen-bond acceptors (Lipinski definition) is 3. The van der Waals surface area contributed by atoms with Gasteiger partial charge in [-0.2, -0.15) is 5.10 Å². The van der Waals surface area contributed by atoms with Gasteiger partial charge >= 0.3 is 0 Å². The number of nitrogens with one attached hydrogen (secondary N) is 1. The van der Waals surface area contributed by atoms with Crippen LogP contribution >= 0.6 is 11.6 Å². The minimum absolute atomic E-state index is 0.0151. The Labute approximate surface area is 128 Å². The molecule has 1 fully saturated rings. The highest BCUT2D eigenvalue weighted by Crippen LogP contribution is 2.21. The van der Waals surface area contributed by atoms with Gasteiger partial charge in [0.25, 0.3) is 5.91 Å². The molecular weight excluding hydrogens is 288 g/mol. The van der Waals surface area contributed by atoms with Crippen molar-refractivity contribution in [3.05, 3.63) is 46.7 Å². The highest BCUT2D eigenvalue weighted by Gasteiger charge is 2.23. The van der Waals surface area contributed by atoms with Gasteiger partial charge in [0.05, 0.1) is 5.69 Å². The van der Waals surface area contributed by atoms with Crippen molar-refractivity contribution in [2.45, 2.75) is 6.92 Å². The zero-order chi connectivity index (χ0) is 14.8. The molecule has 110 valence electrons. The number of nitrogens with zero attached hydrogens (tertiary/aromatic N) is 3. The molecule has 0 bridgehead atoms. The van der Waals surface area contributed by atoms with Gasteiger partial charge in [0.15, 0.2) is 0 Å². The molecule has 1 amide bonds. The number of amides is 1. The summed E-state index contributed by atoms with van der Waals surface area (Å²) >= 11 is 6.02. The second-order valence-corrected chi connectivity index (χ2v) is 5.62. The van der Waals surface area contributed by atoms with Gasteiger partial charge in [0.1, 0.15) is 5.69 Å². The van der Waals surface area contributed by atoms with Gasteiger partial charge in [-0.05, 0) is 31.2 Å². The average molecular weight is 305 g/mol. The van der Waals surface area contributed by atoms with E-state index in [4.69, 9.17) is 11.6 Å². The van der Waals surface area contributed by atoms with Crippen molar-refractivity contribution in [1.82, 2.24) is 15.1 Å². The third-order valence-electron chi connectivity index (χ3n) is 3.68. The van der Waals surface area contributed by atoms with E-state index in [0.717, 1.165) is 29.5 Å². The molecule has 0 unspecified atom stereocenters. The quantitative estimate of drug-likeness (QED) is 0.926. The molecule has 2 heterocycles. The number of aromatic nitrogens is 2. The Morgan fingerprint density at radius 3 is 2.62 bits per heavy atom. The Kier molecular flexibility index (Phi) is 3.84. The van der Waals surface area contributed by atoms with E-state index in [9.17, 15) is 4.79 Å². The first-order chi connectivity index (χ1) is 10.1. The van der Waals surface area contributed by atoms with Crippen LogP contribution in [0.3, 0.4) is 0 Å². The molecule has 1 aliphatic rings. The van der Waals surface area contributed by atoms with Gasteiger partial charge in [-0.3, -0.25) is 9.89 Å². The number of carbonyl (C=O) groups is 1. The molecule has 0 aliphatic carbocycles. The Hall–Kier alpha value is -2.01. The molecule has 3 rings (SSSR count). The smallest absolute Gasteiger partial charge is 0.271 e. The molecule has 6 heteroatoms. The minimum Gasteiger partial charge on any atom is -0.368 e. The molecule has 5 nitrogen and oxygen atoms in total. The lowest BCUT2D eigenvalue weighted by molar-refractivity contribution is 0.0741. The van der Waals surface area contributed by atoms with Crippen LogP contribution in [0, 0.1) is 6.92 Å². The van der Waals surface area contributed by atoms with E-state index in [1.807, 2.05) is 36.1 Å². The van der Waals surface area contributed by atoms with Crippen LogP contribution in [0.2, 0.25) is 5.02 Å². The molecule has 21 heavy (non-hydrogen) atoms. The van der Waals surface area contributed by atoms with Crippen molar-refractivity contribution >= 4 is 23.2 Å². The van der Waals surface area contributed by atoms with Crippen molar-refractivity contribution in [3.63, 3.8) is 0 Å². The van der Waals surface area contributed by atoms with Crippen molar-refractivity contribution in [1.29, 1.82) is 0 Å². The molecule has 2 aromatic rings. The number of piperazine rings is 1. The molecule has 0 spiro atoms. The topological polar surface area (TPSA) is 52.2 Å². The first-order valence-corrected chi connectivity index (χ1v) is 7.33. The van der Waals surface area contributed by atoms with Gasteiger partial charge in [-0.25, -0.2) is 0 Å². The van der Waals surface area contributed by atoms with Crippen LogP contribution < -0.4 is 4.90 Å². The van der Waals surface area contributed by atoms with E-state index in [1.165, 1.54) is 0 Å². The van der Waals surface area contributed by atoms with Crippen LogP contribution in [-0.4, -0.2) is 47.2 Å². The maximum atomic E-state index is 12.3. The normalized spacial score (nSPS) is 15.3. The van der Waals surface area contributed by atoms with Crippen LogP contribution in [-0.2, 0) is 0 Å². The maximum Gasteiger partial charge on any atom is 0.271 e. The molecule has 1 aromatic heterocycles. The average Bonchev–Trinajstić information content (AvgIpc) is 2.93. The molecule has 1 saturated heterocycles. The second kappa shape index (κ2) is 5.77. The van der Waals surface area contributed by atoms with Crippen LogP contribution in [0.25, 0.3) is 0 Å². The van der Waals surface area contributed by atoms with Gasteiger partial charge in [-0.1, -0.05) is 17.7 Å². The fourth-order valence-corrected chi connectivity index (χ4v) is 2.73. The molecular formula is C15H17ClN4O. The Morgan fingerprint density at radius 2 is 2.00 bits per heavy atom. The summed E-state index contributed by atoms with van der Waals surface area (Å²) in [5, 5.41) is 7.52. The van der Waals surface area contributed by atoms with Crippen LogP contribution in [0.1, 0.15) is 16.2 Å². The van der Waals surface area contributed by atoms with Crippen LogP contribution in [0.4, 0.5) is 5.69 Å². The van der Waals surface area contributed by atoms with E-state index in [2.05, 4.69) is 15.1 Å². The summed E-state index contributed by atoms with van der Waals surface area (Å²) in [6.45, 7) is 4.87. The fraction of sp³-hybridized carbons (Fsp3) is 0.333. The molecule has 1 N–H and O–H groups in total. The molecule has 0 atom stereocenters. The Bertz CT molecular complexity index is 647. The summed E-state index contributed by atoms with van der Waals surface area (Å²) in [7, 11) is 0. The third kappa shape index (κ3) is 3.03. The lowest BCUT2D eigenvalue weighted by atomic mass is 10.2. The largest absolute Gasteiger partial charge is 0.368 e. The van der Waals surface area contributed by atoms with E-state index >= 15 is 0 Å². The van der Waals surface area contributed by atoms with Crippen molar-refractivity contribution < 1.29 is 4.79 Å². The lowest BCUT2D eigenvalue weighted by Crippen LogP contribution is -2.48. The first kappa shape index (κ1) is 13.9. The third-order valence-corrected chi connectivity index (χ3v) is 3.91. The standard InChI is InChI=1S/C15H17ClN4O/c1-11-9-14(18-17-11)15(21)20-7-5-19(6-8-20)13-4-2-3-12(16)10-13/h2-4,9-10H,5-8H2,1H3,(H,17,18). The van der Waals surface area contributed by atoms with Gasteiger partial charge in [-0.15, -0.1) is 0 Å². The number of benzene rings is 1. The summed E-state index contributed by atoms with van der Waals surface area (Å²) in [6, 6.07) is 9.60. The van der Waals surface area contributed by atoms with E-state index in [-0.39, 0.29) is 5.91 Å². The minimum atomic E-state index is 0.0151. The molecule has 0 radical (unpaired) electrons. The van der Waals surface area contributed by atoms with Gasteiger partial charge < -0.3 is 9.80 Å². The fourth-order valence-electron chi connectivity index (χ4n) is 2.54. The van der Waals surface area contributed by atoms with Crippen molar-refractivity contribution in [2.75, 3.05) is 31.1 Å². The van der Waals surface area contributed by atoms with Crippen LogP contribution in [0.15, 0.2) is 30.3 Å². The first-order valence-electron chi connectivity index (χ1n) is 6.95. The Balaban J connectivity index is 1.64. The lowest BCUT2D eigenvalue weighted by Gasteiger charge is -2.36. The summed E-state index contributed by atoms with van der Waals surface area (Å²) in [4.78, 5) is 16.4. The number of anilines is 1. The van der Waals surface area contributed by atoms with E-state index in [1.54, 1.807) is 6.07 Å². The molecule has 1 aromatic carbocycles. The zero-order valence-corrected chi connectivity index (χ0v) is 12.6. The Morgan fingerprint density at radius 1 is 1.24 bits per heavy atom. The number of H-pyrrole nitrogens is 1. The number of rotatable bonds is 2. The monoisotopic (exact) mass is 304 g/mol. The van der Waals surface area contributed by atoms with Gasteiger partial charge in [0, 0.05) is 36.9 Å². The number of aromatic amines is 1. The maximum absolute atomic E-state index is 12.3. The van der Waals surface area contributed by atoms with Gasteiger partial charge in [0.2, 0.25) is 0 Å². The van der Waals surface area contributed by atoms with Crippen LogP contribution in [0.5, 0.6) is 0 Å². The van der Waals surface area contributed by atoms with E-state index in [0.29, 0.717) is 18.8 Å². The summed E-state index contributed by atoms with van der Waals surface area (Å²) in [6.07, 6.45) is 0. The highest BCUT2D eigenvalue weighted by atomic mass is 35.5. The zero-order valence-electron chi connectivity index (χ0n) is 11.8. The van der Waals surface area contributed by atoms with E-state index < -0.39 is 0 Å². The predicted molar refractivity (Wildman–Crippen MR) is 82.9 cm³/mol. The number of aryl methyl sites for hydroxylation is 1. The highest BCUT2D eigenvalue weighted by molar-refractivity contribution is 6.30. The number of carbonyl (C=O) groups excluding carboxylic acids is 1. The summed E-state index contributed by atoms with van der Waals surface area (Å²) < 4.78 is 0. The SMILES string of the molecule is Cc1cc(C(=O)N2CCN(c3cccc(Cl)c3)CC2)[nH]n1. The second-order valence-electron chi connectivity index (χ2n) is 5.18. The number of halogens is 1. The predicted octanol–water partition coefficient (Wildman–Crippen LogP) is 2.33. The molecule has 0 saturated carbocycles. The summed E-state index contributed by atoms with van der Waals surface area (Å²) in [5.41, 5.74) is 2.49. The summed E-state index contributed by atoms with van der Waals surface area (Å²) in [5.74, 6) is 0.0151. The number of hydrogen-bond donors (Lipinski definition) is 1. The van der Waals surface area contributed by atoms with Crippen molar-refractivity contribution in [2.24, 2.45) is 0 Å². The molecule has 1 aliphatic heterocycles. The van der Waals surface area contributed by atoms with Crippen molar-refractivity contribution in [3.8, 4) is 0 Å².